The Balaban J connectivity index is 1.87. The number of piperidine rings is 1. The van der Waals surface area contributed by atoms with Gasteiger partial charge in [-0.15, -0.1) is 0 Å². The number of aryl methyl sites for hydroxylation is 1. The SMILES string of the molecule is CCCc1ccc(N2CCC(CN(C)C)CC2)cc1. The van der Waals surface area contributed by atoms with E-state index in [4.69, 9.17) is 0 Å². The summed E-state index contributed by atoms with van der Waals surface area (Å²) in [5, 5.41) is 0. The van der Waals surface area contributed by atoms with E-state index in [0.717, 1.165) is 5.92 Å². The quantitative estimate of drug-likeness (QED) is 0.800. The summed E-state index contributed by atoms with van der Waals surface area (Å²) in [7, 11) is 4.36. The average molecular weight is 260 g/mol. The zero-order valence-electron chi connectivity index (χ0n) is 12.7. The molecule has 2 heteroatoms. The van der Waals surface area contributed by atoms with Crippen molar-refractivity contribution in [2.24, 2.45) is 5.92 Å². The fourth-order valence-corrected chi connectivity index (χ4v) is 3.05. The molecule has 0 atom stereocenters. The van der Waals surface area contributed by atoms with Crippen molar-refractivity contribution in [2.75, 3.05) is 38.6 Å². The number of benzene rings is 1. The van der Waals surface area contributed by atoms with E-state index in [1.54, 1.807) is 0 Å². The first-order valence-electron chi connectivity index (χ1n) is 7.67. The first kappa shape index (κ1) is 14.4. The molecule has 0 bridgehead atoms. The minimum Gasteiger partial charge on any atom is -0.372 e. The fourth-order valence-electron chi connectivity index (χ4n) is 3.05. The molecule has 1 fully saturated rings. The van der Waals surface area contributed by atoms with Gasteiger partial charge in [0.15, 0.2) is 0 Å². The Hall–Kier alpha value is -1.02. The van der Waals surface area contributed by atoms with E-state index < -0.39 is 0 Å². The largest absolute Gasteiger partial charge is 0.372 e. The summed E-state index contributed by atoms with van der Waals surface area (Å²) in [6.45, 7) is 5.91. The summed E-state index contributed by atoms with van der Waals surface area (Å²) in [5.41, 5.74) is 2.87. The molecule has 106 valence electrons. The summed E-state index contributed by atoms with van der Waals surface area (Å²) in [4.78, 5) is 4.86. The van der Waals surface area contributed by atoms with Crippen LogP contribution in [0.2, 0.25) is 0 Å². The standard InChI is InChI=1S/C17H28N2/c1-4-5-15-6-8-17(9-7-15)19-12-10-16(11-13-19)14-18(2)3/h6-9,16H,4-5,10-14H2,1-3H3. The van der Waals surface area contributed by atoms with Gasteiger partial charge in [0.05, 0.1) is 0 Å². The van der Waals surface area contributed by atoms with Gasteiger partial charge in [-0.05, 0) is 57.0 Å². The van der Waals surface area contributed by atoms with Crippen LogP contribution in [-0.2, 0) is 6.42 Å². The van der Waals surface area contributed by atoms with Gasteiger partial charge in [-0.3, -0.25) is 0 Å². The zero-order valence-corrected chi connectivity index (χ0v) is 12.7. The molecule has 0 N–H and O–H groups in total. The fraction of sp³-hybridized carbons (Fsp3) is 0.647. The van der Waals surface area contributed by atoms with Crippen molar-refractivity contribution in [1.82, 2.24) is 4.90 Å². The third kappa shape index (κ3) is 4.24. The van der Waals surface area contributed by atoms with Crippen LogP contribution in [0, 0.1) is 5.92 Å². The van der Waals surface area contributed by atoms with Crippen LogP contribution in [0.1, 0.15) is 31.7 Å². The summed E-state index contributed by atoms with van der Waals surface area (Å²) < 4.78 is 0. The maximum absolute atomic E-state index is 2.54. The highest BCUT2D eigenvalue weighted by Crippen LogP contribution is 2.24. The molecule has 0 saturated carbocycles. The first-order valence-corrected chi connectivity index (χ1v) is 7.67. The van der Waals surface area contributed by atoms with E-state index in [0.29, 0.717) is 0 Å². The second kappa shape index (κ2) is 6.95. The van der Waals surface area contributed by atoms with Gasteiger partial charge in [-0.1, -0.05) is 25.5 Å². The molecule has 2 rings (SSSR count). The normalized spacial score (nSPS) is 17.2. The second-order valence-electron chi connectivity index (χ2n) is 6.11. The van der Waals surface area contributed by atoms with Crippen LogP contribution in [0.5, 0.6) is 0 Å². The van der Waals surface area contributed by atoms with Gasteiger partial charge in [-0.2, -0.15) is 0 Å². The van der Waals surface area contributed by atoms with Gasteiger partial charge in [0.25, 0.3) is 0 Å². The van der Waals surface area contributed by atoms with E-state index in [9.17, 15) is 0 Å². The van der Waals surface area contributed by atoms with Crippen molar-refractivity contribution in [2.45, 2.75) is 32.6 Å². The molecule has 2 nitrogen and oxygen atoms in total. The Morgan fingerprint density at radius 3 is 2.26 bits per heavy atom. The number of anilines is 1. The van der Waals surface area contributed by atoms with Crippen LogP contribution >= 0.6 is 0 Å². The Kier molecular flexibility index (Phi) is 5.26. The van der Waals surface area contributed by atoms with Crippen molar-refractivity contribution in [1.29, 1.82) is 0 Å². The summed E-state index contributed by atoms with van der Waals surface area (Å²) in [6.07, 6.45) is 5.09. The Labute approximate surface area is 118 Å². The van der Waals surface area contributed by atoms with Crippen molar-refractivity contribution < 1.29 is 0 Å². The molecule has 0 spiro atoms. The van der Waals surface area contributed by atoms with Gasteiger partial charge in [0.1, 0.15) is 0 Å². The maximum atomic E-state index is 2.54. The molecule has 19 heavy (non-hydrogen) atoms. The van der Waals surface area contributed by atoms with Crippen LogP contribution < -0.4 is 4.90 Å². The van der Waals surface area contributed by atoms with Gasteiger partial charge >= 0.3 is 0 Å². The molecular formula is C17H28N2. The van der Waals surface area contributed by atoms with Crippen LogP contribution in [0.15, 0.2) is 24.3 Å². The number of hydrogen-bond donors (Lipinski definition) is 0. The maximum Gasteiger partial charge on any atom is 0.0366 e. The Morgan fingerprint density at radius 1 is 1.11 bits per heavy atom. The predicted molar refractivity (Wildman–Crippen MR) is 83.9 cm³/mol. The highest BCUT2D eigenvalue weighted by atomic mass is 15.1. The third-order valence-electron chi connectivity index (χ3n) is 4.08. The monoisotopic (exact) mass is 260 g/mol. The topological polar surface area (TPSA) is 6.48 Å². The molecule has 0 amide bonds. The number of rotatable bonds is 5. The average Bonchev–Trinajstić information content (AvgIpc) is 2.40. The van der Waals surface area contributed by atoms with Crippen LogP contribution in [-0.4, -0.2) is 38.6 Å². The summed E-state index contributed by atoms with van der Waals surface area (Å²) >= 11 is 0. The van der Waals surface area contributed by atoms with Crippen molar-refractivity contribution in [3.63, 3.8) is 0 Å². The molecule has 0 radical (unpaired) electrons. The zero-order chi connectivity index (χ0) is 13.7. The lowest BCUT2D eigenvalue weighted by molar-refractivity contribution is 0.285. The van der Waals surface area contributed by atoms with E-state index in [1.165, 1.54) is 56.6 Å². The second-order valence-corrected chi connectivity index (χ2v) is 6.11. The van der Waals surface area contributed by atoms with Gasteiger partial charge in [0.2, 0.25) is 0 Å². The minimum absolute atomic E-state index is 0.880. The lowest BCUT2D eigenvalue weighted by Gasteiger charge is -2.34. The van der Waals surface area contributed by atoms with E-state index in [1.807, 2.05) is 0 Å². The Bertz CT molecular complexity index is 361. The highest BCUT2D eigenvalue weighted by Gasteiger charge is 2.19. The molecule has 0 aliphatic carbocycles. The van der Waals surface area contributed by atoms with E-state index in [-0.39, 0.29) is 0 Å². The Morgan fingerprint density at radius 2 is 1.74 bits per heavy atom. The minimum atomic E-state index is 0.880. The van der Waals surface area contributed by atoms with E-state index in [2.05, 4.69) is 55.1 Å². The molecule has 1 aromatic carbocycles. The smallest absolute Gasteiger partial charge is 0.0366 e. The van der Waals surface area contributed by atoms with Crippen LogP contribution in [0.4, 0.5) is 5.69 Å². The summed E-state index contributed by atoms with van der Waals surface area (Å²) in [5.74, 6) is 0.880. The van der Waals surface area contributed by atoms with Gasteiger partial charge in [-0.25, -0.2) is 0 Å². The lowest BCUT2D eigenvalue weighted by atomic mass is 9.96. The molecule has 0 aromatic heterocycles. The molecule has 0 unspecified atom stereocenters. The highest BCUT2D eigenvalue weighted by molar-refractivity contribution is 5.48. The number of hydrogen-bond acceptors (Lipinski definition) is 2. The molecule has 1 saturated heterocycles. The lowest BCUT2D eigenvalue weighted by Crippen LogP contribution is -2.37. The number of nitrogens with zero attached hydrogens (tertiary/aromatic N) is 2. The van der Waals surface area contributed by atoms with Gasteiger partial charge in [0, 0.05) is 25.3 Å². The van der Waals surface area contributed by atoms with Crippen molar-refractivity contribution in [3.8, 4) is 0 Å². The summed E-state index contributed by atoms with van der Waals surface area (Å²) in [6, 6.07) is 9.20. The first-order chi connectivity index (χ1) is 9.19. The molecule has 1 aliphatic heterocycles. The van der Waals surface area contributed by atoms with Crippen molar-refractivity contribution >= 4 is 5.69 Å². The third-order valence-corrected chi connectivity index (χ3v) is 4.08. The molecule has 1 aromatic rings. The van der Waals surface area contributed by atoms with Crippen LogP contribution in [0.25, 0.3) is 0 Å². The van der Waals surface area contributed by atoms with E-state index >= 15 is 0 Å². The molecule has 1 heterocycles. The predicted octanol–water partition coefficient (Wildman–Crippen LogP) is 3.42. The van der Waals surface area contributed by atoms with Gasteiger partial charge < -0.3 is 9.80 Å². The van der Waals surface area contributed by atoms with Crippen LogP contribution in [0.3, 0.4) is 0 Å². The molecule has 1 aliphatic rings. The van der Waals surface area contributed by atoms with Crippen molar-refractivity contribution in [3.05, 3.63) is 29.8 Å². The molecular weight excluding hydrogens is 232 g/mol.